The summed E-state index contributed by atoms with van der Waals surface area (Å²) in [6.45, 7) is 3.43. The summed E-state index contributed by atoms with van der Waals surface area (Å²) in [6.07, 6.45) is 3.21. The number of hydrogen-bond acceptors (Lipinski definition) is 4. The van der Waals surface area contributed by atoms with Crippen LogP contribution >= 0.6 is 15.9 Å². The number of imidazole rings is 1. The van der Waals surface area contributed by atoms with Gasteiger partial charge in [0.15, 0.2) is 0 Å². The highest BCUT2D eigenvalue weighted by Crippen LogP contribution is 2.27. The molecule has 0 radical (unpaired) electrons. The molecule has 108 valence electrons. The summed E-state index contributed by atoms with van der Waals surface area (Å²) >= 11 is 3.27. The lowest BCUT2D eigenvalue weighted by atomic mass is 10.2. The molecule has 4 N–H and O–H groups in total. The fourth-order valence-corrected chi connectivity index (χ4v) is 3.75. The molecule has 0 amide bonds. The first-order chi connectivity index (χ1) is 9.31. The second-order valence-electron chi connectivity index (χ2n) is 4.46. The SMILES string of the molecule is Cc1cc(Br)c(N)cc1S(=O)(=O)NC(C)c1ncc[nH]1. The first kappa shape index (κ1) is 15.0. The number of aromatic amines is 1. The summed E-state index contributed by atoms with van der Waals surface area (Å²) < 4.78 is 28.0. The van der Waals surface area contributed by atoms with Gasteiger partial charge in [0.2, 0.25) is 10.0 Å². The van der Waals surface area contributed by atoms with Gasteiger partial charge in [-0.3, -0.25) is 0 Å². The van der Waals surface area contributed by atoms with Crippen LogP contribution in [0.1, 0.15) is 24.4 Å². The van der Waals surface area contributed by atoms with Crippen molar-refractivity contribution < 1.29 is 8.42 Å². The Kier molecular flexibility index (Phi) is 4.17. The van der Waals surface area contributed by atoms with Crippen molar-refractivity contribution in [1.29, 1.82) is 0 Å². The van der Waals surface area contributed by atoms with Crippen LogP contribution < -0.4 is 10.5 Å². The number of aryl methyl sites for hydroxylation is 1. The Balaban J connectivity index is 2.34. The minimum absolute atomic E-state index is 0.164. The highest BCUT2D eigenvalue weighted by molar-refractivity contribution is 9.10. The molecule has 1 aromatic heterocycles. The molecule has 0 spiro atoms. The van der Waals surface area contributed by atoms with Crippen molar-refractivity contribution in [1.82, 2.24) is 14.7 Å². The summed E-state index contributed by atoms with van der Waals surface area (Å²) in [7, 11) is -3.67. The molecule has 1 aromatic carbocycles. The second-order valence-corrected chi connectivity index (χ2v) is 6.99. The van der Waals surface area contributed by atoms with Crippen LogP contribution in [0.5, 0.6) is 0 Å². The number of sulfonamides is 1. The molecule has 0 saturated carbocycles. The largest absolute Gasteiger partial charge is 0.398 e. The third-order valence-electron chi connectivity index (χ3n) is 2.85. The quantitative estimate of drug-likeness (QED) is 0.728. The average Bonchev–Trinajstić information content (AvgIpc) is 2.86. The number of H-pyrrole nitrogens is 1. The Hall–Kier alpha value is -1.38. The molecule has 0 aliphatic heterocycles. The van der Waals surface area contributed by atoms with Crippen LogP contribution in [0.15, 0.2) is 33.9 Å². The minimum atomic E-state index is -3.67. The maximum Gasteiger partial charge on any atom is 0.241 e. The lowest BCUT2D eigenvalue weighted by Gasteiger charge is -2.14. The molecule has 0 aliphatic rings. The fourth-order valence-electron chi connectivity index (χ4n) is 1.82. The van der Waals surface area contributed by atoms with E-state index in [0.29, 0.717) is 21.5 Å². The van der Waals surface area contributed by atoms with Gasteiger partial charge in [0, 0.05) is 22.6 Å². The van der Waals surface area contributed by atoms with Gasteiger partial charge in [-0.25, -0.2) is 18.1 Å². The van der Waals surface area contributed by atoms with Crippen LogP contribution in [-0.2, 0) is 10.0 Å². The lowest BCUT2D eigenvalue weighted by molar-refractivity contribution is 0.560. The average molecular weight is 359 g/mol. The van der Waals surface area contributed by atoms with E-state index in [1.807, 2.05) is 0 Å². The predicted molar refractivity (Wildman–Crippen MR) is 80.6 cm³/mol. The highest BCUT2D eigenvalue weighted by atomic mass is 79.9. The van der Waals surface area contributed by atoms with Gasteiger partial charge in [-0.15, -0.1) is 0 Å². The summed E-state index contributed by atoms with van der Waals surface area (Å²) in [6, 6.07) is 2.66. The van der Waals surface area contributed by atoms with Gasteiger partial charge >= 0.3 is 0 Å². The van der Waals surface area contributed by atoms with Crippen molar-refractivity contribution in [3.63, 3.8) is 0 Å². The van der Waals surface area contributed by atoms with Crippen molar-refractivity contribution in [2.45, 2.75) is 24.8 Å². The molecule has 0 saturated heterocycles. The Morgan fingerprint density at radius 3 is 2.75 bits per heavy atom. The van der Waals surface area contributed by atoms with Crippen molar-refractivity contribution >= 4 is 31.6 Å². The first-order valence-electron chi connectivity index (χ1n) is 5.88. The van der Waals surface area contributed by atoms with Gasteiger partial charge in [0.25, 0.3) is 0 Å². The molecule has 8 heteroatoms. The van der Waals surface area contributed by atoms with Crippen LogP contribution in [0.2, 0.25) is 0 Å². The van der Waals surface area contributed by atoms with Gasteiger partial charge in [0.05, 0.1) is 10.9 Å². The molecule has 1 unspecified atom stereocenters. The van der Waals surface area contributed by atoms with Crippen LogP contribution in [0, 0.1) is 6.92 Å². The number of anilines is 1. The Morgan fingerprint density at radius 1 is 1.45 bits per heavy atom. The molecule has 6 nitrogen and oxygen atoms in total. The Labute approximate surface area is 126 Å². The van der Waals surface area contributed by atoms with E-state index in [1.54, 1.807) is 32.3 Å². The summed E-state index contributed by atoms with van der Waals surface area (Å²) in [5.74, 6) is 0.552. The van der Waals surface area contributed by atoms with Crippen molar-refractivity contribution in [2.75, 3.05) is 5.73 Å². The smallest absolute Gasteiger partial charge is 0.241 e. The number of nitrogen functional groups attached to an aromatic ring is 1. The first-order valence-corrected chi connectivity index (χ1v) is 8.16. The summed E-state index contributed by atoms with van der Waals surface area (Å²) in [4.78, 5) is 7.07. The molecule has 1 atom stereocenters. The van der Waals surface area contributed by atoms with Crippen LogP contribution in [-0.4, -0.2) is 18.4 Å². The van der Waals surface area contributed by atoms with Gasteiger partial charge in [-0.2, -0.15) is 0 Å². The maximum atomic E-state index is 12.4. The van der Waals surface area contributed by atoms with Crippen molar-refractivity contribution in [2.24, 2.45) is 0 Å². The molecule has 2 aromatic rings. The van der Waals surface area contributed by atoms with E-state index in [0.717, 1.165) is 0 Å². The van der Waals surface area contributed by atoms with E-state index in [1.165, 1.54) is 6.07 Å². The molecule has 0 fully saturated rings. The zero-order chi connectivity index (χ0) is 14.9. The zero-order valence-corrected chi connectivity index (χ0v) is 13.4. The second kappa shape index (κ2) is 5.55. The van der Waals surface area contributed by atoms with Gasteiger partial charge in [-0.05, 0) is 47.5 Å². The Morgan fingerprint density at radius 2 is 2.15 bits per heavy atom. The van der Waals surface area contributed by atoms with Gasteiger partial charge in [0.1, 0.15) is 5.82 Å². The van der Waals surface area contributed by atoms with E-state index in [2.05, 4.69) is 30.6 Å². The molecule has 20 heavy (non-hydrogen) atoms. The lowest BCUT2D eigenvalue weighted by Crippen LogP contribution is -2.28. The number of aromatic nitrogens is 2. The number of nitrogens with two attached hydrogens (primary N) is 1. The zero-order valence-electron chi connectivity index (χ0n) is 11.0. The number of nitrogens with zero attached hydrogens (tertiary/aromatic N) is 1. The summed E-state index contributed by atoms with van der Waals surface area (Å²) in [5, 5.41) is 0. The van der Waals surface area contributed by atoms with Gasteiger partial charge in [-0.1, -0.05) is 0 Å². The topological polar surface area (TPSA) is 101 Å². The minimum Gasteiger partial charge on any atom is -0.398 e. The molecule has 0 bridgehead atoms. The number of hydrogen-bond donors (Lipinski definition) is 3. The summed E-state index contributed by atoms with van der Waals surface area (Å²) in [5.41, 5.74) is 6.75. The molecular formula is C12H15BrN4O2S. The van der Waals surface area contributed by atoms with Crippen LogP contribution in [0.25, 0.3) is 0 Å². The van der Waals surface area contributed by atoms with E-state index in [9.17, 15) is 8.42 Å². The van der Waals surface area contributed by atoms with E-state index < -0.39 is 16.1 Å². The van der Waals surface area contributed by atoms with Crippen LogP contribution in [0.3, 0.4) is 0 Å². The normalized spacial score (nSPS) is 13.3. The standard InChI is InChI=1S/C12H15BrN4O2S/c1-7-5-9(13)10(14)6-11(7)20(18,19)17-8(2)12-15-3-4-16-12/h3-6,8,17H,14H2,1-2H3,(H,15,16). The highest BCUT2D eigenvalue weighted by Gasteiger charge is 2.22. The van der Waals surface area contributed by atoms with Crippen LogP contribution in [0.4, 0.5) is 5.69 Å². The maximum absolute atomic E-state index is 12.4. The third-order valence-corrected chi connectivity index (χ3v) is 5.21. The monoisotopic (exact) mass is 358 g/mol. The van der Waals surface area contributed by atoms with Crippen molar-refractivity contribution in [3.8, 4) is 0 Å². The number of nitrogens with one attached hydrogen (secondary N) is 2. The molecular weight excluding hydrogens is 344 g/mol. The van der Waals surface area contributed by atoms with E-state index >= 15 is 0 Å². The van der Waals surface area contributed by atoms with E-state index in [-0.39, 0.29) is 4.90 Å². The molecule has 2 rings (SSSR count). The molecule has 0 aliphatic carbocycles. The number of halogens is 1. The van der Waals surface area contributed by atoms with E-state index in [4.69, 9.17) is 5.73 Å². The molecule has 1 heterocycles. The number of benzene rings is 1. The predicted octanol–water partition coefficient (Wildman–Crippen LogP) is 2.10. The van der Waals surface area contributed by atoms with Gasteiger partial charge < -0.3 is 10.7 Å². The Bertz CT molecular complexity index is 713. The number of rotatable bonds is 4. The third kappa shape index (κ3) is 3.02. The fraction of sp³-hybridized carbons (Fsp3) is 0.250. The van der Waals surface area contributed by atoms with Crippen molar-refractivity contribution in [3.05, 3.63) is 40.4 Å².